The Balaban J connectivity index is -0.00000144. The first-order valence-corrected chi connectivity index (χ1v) is 7.25. The molecule has 1 amide bonds. The lowest BCUT2D eigenvalue weighted by molar-refractivity contribution is -0.120. The molecule has 0 saturated carbocycles. The molecule has 0 fully saturated rings. The molecule has 0 bridgehead atoms. The summed E-state index contributed by atoms with van der Waals surface area (Å²) in [5, 5.41) is 2.19. The Morgan fingerprint density at radius 1 is 1.30 bits per heavy atom. The molecular weight excluding hydrogens is 331 g/mol. The van der Waals surface area contributed by atoms with Crippen LogP contribution in [0.25, 0.3) is 0 Å². The summed E-state index contributed by atoms with van der Waals surface area (Å²) < 4.78 is 25.5. The van der Waals surface area contributed by atoms with Crippen molar-refractivity contribution < 1.29 is 13.6 Å². The lowest BCUT2D eigenvalue weighted by Gasteiger charge is -2.17. The number of amides is 1. The molecule has 20 heavy (non-hydrogen) atoms. The smallest absolute Gasteiger partial charge is 0.277 e. The van der Waals surface area contributed by atoms with E-state index in [9.17, 15) is 13.6 Å². The van der Waals surface area contributed by atoms with Crippen LogP contribution in [0, 0.1) is 0 Å². The number of rotatable bonds is 10. The summed E-state index contributed by atoms with van der Waals surface area (Å²) in [5.41, 5.74) is 4.87. The number of halogens is 4. The van der Waals surface area contributed by atoms with E-state index >= 15 is 0 Å². The summed E-state index contributed by atoms with van der Waals surface area (Å²) in [4.78, 5) is 13.5. The third-order valence-electron chi connectivity index (χ3n) is 2.52. The third kappa shape index (κ3) is 13.2. The summed E-state index contributed by atoms with van der Waals surface area (Å²) in [5.74, 6) is -2.35. The zero-order chi connectivity index (χ0) is 14.0. The van der Waals surface area contributed by atoms with Crippen molar-refractivity contribution in [2.45, 2.75) is 19.8 Å². The largest absolute Gasteiger partial charge is 0.349 e. The Hall–Kier alpha value is 0.180. The molecule has 0 aromatic rings. The maximum atomic E-state index is 12.7. The van der Waals surface area contributed by atoms with Gasteiger partial charge in [0.25, 0.3) is 5.92 Å². The van der Waals surface area contributed by atoms with Crippen molar-refractivity contribution in [3.63, 3.8) is 0 Å². The van der Waals surface area contributed by atoms with E-state index in [1.54, 1.807) is 0 Å². The van der Waals surface area contributed by atoms with Gasteiger partial charge >= 0.3 is 0 Å². The van der Waals surface area contributed by atoms with Crippen LogP contribution in [-0.4, -0.2) is 61.0 Å². The van der Waals surface area contributed by atoms with Gasteiger partial charge < -0.3 is 16.0 Å². The molecule has 124 valence electrons. The number of carbonyl (C=O) groups excluding carboxylic acids is 1. The minimum atomic E-state index is -3.01. The number of nitrogens with two attached hydrogens (primary N) is 1. The Labute approximate surface area is 136 Å². The fourth-order valence-corrected chi connectivity index (χ4v) is 2.07. The lowest BCUT2D eigenvalue weighted by Crippen LogP contribution is -2.42. The summed E-state index contributed by atoms with van der Waals surface area (Å²) in [6, 6.07) is 0. The molecule has 0 aliphatic heterocycles. The molecule has 0 aliphatic carbocycles. The van der Waals surface area contributed by atoms with E-state index in [0.717, 1.165) is 25.4 Å². The highest BCUT2D eigenvalue weighted by molar-refractivity contribution is 7.99. The predicted octanol–water partition coefficient (Wildman–Crippen LogP) is 1.62. The van der Waals surface area contributed by atoms with E-state index in [1.165, 1.54) is 11.8 Å². The first-order chi connectivity index (χ1) is 8.45. The molecule has 0 aromatic carbocycles. The topological polar surface area (TPSA) is 58.4 Å². The molecule has 0 aliphatic rings. The molecule has 9 heteroatoms. The number of carbonyl (C=O) groups is 1. The van der Waals surface area contributed by atoms with Gasteiger partial charge in [0.1, 0.15) is 0 Å². The van der Waals surface area contributed by atoms with Gasteiger partial charge in [0.2, 0.25) is 5.91 Å². The van der Waals surface area contributed by atoms with E-state index in [-0.39, 0.29) is 36.5 Å². The van der Waals surface area contributed by atoms with Crippen LogP contribution in [0.3, 0.4) is 0 Å². The second-order valence-corrected chi connectivity index (χ2v) is 5.02. The van der Waals surface area contributed by atoms with E-state index < -0.39 is 19.0 Å². The van der Waals surface area contributed by atoms with Crippen LogP contribution in [0.4, 0.5) is 8.78 Å². The molecule has 0 saturated heterocycles. The Morgan fingerprint density at radius 2 is 1.85 bits per heavy atom. The standard InChI is InChI=1S/C11H23F2N3OS.2ClH/c1-3-16(4-2)5-6-18-7-10(17)15-9-11(12,13)8-14;;/h3-9,14H2,1-2H3,(H,15,17);2*1H. The van der Waals surface area contributed by atoms with Crippen LogP contribution in [0.15, 0.2) is 0 Å². The fourth-order valence-electron chi connectivity index (χ4n) is 1.25. The number of hydrogen-bond acceptors (Lipinski definition) is 4. The Morgan fingerprint density at radius 3 is 2.30 bits per heavy atom. The van der Waals surface area contributed by atoms with Crippen molar-refractivity contribution in [2.75, 3.05) is 44.2 Å². The predicted molar refractivity (Wildman–Crippen MR) is 86.6 cm³/mol. The molecule has 4 nitrogen and oxygen atoms in total. The molecule has 0 spiro atoms. The average molecular weight is 356 g/mol. The van der Waals surface area contributed by atoms with Crippen LogP contribution < -0.4 is 11.1 Å². The van der Waals surface area contributed by atoms with Gasteiger partial charge in [-0.1, -0.05) is 13.8 Å². The maximum Gasteiger partial charge on any atom is 0.277 e. The van der Waals surface area contributed by atoms with Crippen LogP contribution in [-0.2, 0) is 4.79 Å². The molecule has 0 aromatic heterocycles. The van der Waals surface area contributed by atoms with Crippen molar-refractivity contribution in [3.8, 4) is 0 Å². The second kappa shape index (κ2) is 14.1. The maximum absolute atomic E-state index is 12.7. The minimum absolute atomic E-state index is 0. The number of nitrogens with one attached hydrogen (secondary N) is 1. The van der Waals surface area contributed by atoms with Gasteiger partial charge in [-0.05, 0) is 13.1 Å². The van der Waals surface area contributed by atoms with Crippen LogP contribution >= 0.6 is 36.6 Å². The van der Waals surface area contributed by atoms with E-state index in [2.05, 4.69) is 24.1 Å². The number of nitrogens with zero attached hydrogens (tertiary/aromatic N) is 1. The summed E-state index contributed by atoms with van der Waals surface area (Å²) in [6.07, 6.45) is 0. The van der Waals surface area contributed by atoms with Crippen molar-refractivity contribution in [1.29, 1.82) is 0 Å². The fraction of sp³-hybridized carbons (Fsp3) is 0.909. The minimum Gasteiger partial charge on any atom is -0.349 e. The zero-order valence-corrected chi connectivity index (χ0v) is 14.3. The van der Waals surface area contributed by atoms with E-state index in [4.69, 9.17) is 5.73 Å². The molecule has 0 radical (unpaired) electrons. The highest BCUT2D eigenvalue weighted by atomic mass is 35.5. The molecule has 0 unspecified atom stereocenters. The van der Waals surface area contributed by atoms with Gasteiger partial charge in [0.05, 0.1) is 18.8 Å². The zero-order valence-electron chi connectivity index (χ0n) is 11.9. The number of thioether (sulfide) groups is 1. The van der Waals surface area contributed by atoms with E-state index in [1.807, 2.05) is 0 Å². The van der Waals surface area contributed by atoms with Gasteiger partial charge in [-0.2, -0.15) is 11.8 Å². The van der Waals surface area contributed by atoms with Crippen molar-refractivity contribution in [2.24, 2.45) is 5.73 Å². The molecule has 0 atom stereocenters. The van der Waals surface area contributed by atoms with Gasteiger partial charge in [-0.15, -0.1) is 24.8 Å². The highest BCUT2D eigenvalue weighted by Gasteiger charge is 2.26. The molecular formula is C11H25Cl2F2N3OS. The quantitative estimate of drug-likeness (QED) is 0.584. The number of hydrogen-bond donors (Lipinski definition) is 2. The van der Waals surface area contributed by atoms with Gasteiger partial charge in [-0.25, -0.2) is 8.78 Å². The van der Waals surface area contributed by atoms with Crippen molar-refractivity contribution in [1.82, 2.24) is 10.2 Å². The summed E-state index contributed by atoms with van der Waals surface area (Å²) in [7, 11) is 0. The first-order valence-electron chi connectivity index (χ1n) is 6.09. The van der Waals surface area contributed by atoms with E-state index in [0.29, 0.717) is 0 Å². The Kier molecular flexibility index (Phi) is 17.8. The lowest BCUT2D eigenvalue weighted by atomic mass is 10.3. The van der Waals surface area contributed by atoms with Gasteiger partial charge in [0.15, 0.2) is 0 Å². The average Bonchev–Trinajstić information content (AvgIpc) is 2.37. The Bertz CT molecular complexity index is 248. The van der Waals surface area contributed by atoms with Crippen molar-refractivity contribution in [3.05, 3.63) is 0 Å². The van der Waals surface area contributed by atoms with Crippen LogP contribution in [0.1, 0.15) is 13.8 Å². The molecule has 0 heterocycles. The highest BCUT2D eigenvalue weighted by Crippen LogP contribution is 2.09. The van der Waals surface area contributed by atoms with Crippen LogP contribution in [0.2, 0.25) is 0 Å². The summed E-state index contributed by atoms with van der Waals surface area (Å²) >= 11 is 1.45. The molecule has 3 N–H and O–H groups in total. The summed E-state index contributed by atoms with van der Waals surface area (Å²) in [6.45, 7) is 5.59. The number of alkyl halides is 2. The first kappa shape index (κ1) is 25.2. The third-order valence-corrected chi connectivity index (χ3v) is 3.46. The van der Waals surface area contributed by atoms with Crippen molar-refractivity contribution >= 4 is 42.5 Å². The molecule has 0 rings (SSSR count). The normalized spacial score (nSPS) is 10.7. The van der Waals surface area contributed by atoms with Gasteiger partial charge in [-0.3, -0.25) is 4.79 Å². The SMILES string of the molecule is CCN(CC)CCSCC(=O)NCC(F)(F)CN.Cl.Cl. The monoisotopic (exact) mass is 355 g/mol. The van der Waals surface area contributed by atoms with Crippen LogP contribution in [0.5, 0.6) is 0 Å². The van der Waals surface area contributed by atoms with Gasteiger partial charge in [0, 0.05) is 12.3 Å². The second-order valence-electron chi connectivity index (χ2n) is 3.92.